The molecule has 2 N–H and O–H groups in total. The van der Waals surface area contributed by atoms with Gasteiger partial charge in [-0.2, -0.15) is 0 Å². The second kappa shape index (κ2) is 7.33. The first-order chi connectivity index (χ1) is 13.4. The topological polar surface area (TPSA) is 78.6 Å². The van der Waals surface area contributed by atoms with E-state index in [1.165, 1.54) is 0 Å². The Labute approximate surface area is 165 Å². The molecule has 2 aliphatic rings. The fourth-order valence-electron chi connectivity index (χ4n) is 4.23. The Morgan fingerprint density at radius 1 is 1.32 bits per heavy atom. The van der Waals surface area contributed by atoms with Crippen LogP contribution in [0.3, 0.4) is 0 Å². The van der Waals surface area contributed by atoms with E-state index in [1.54, 1.807) is 0 Å². The molecule has 28 heavy (non-hydrogen) atoms. The standard InChI is InChI=1S/C22H29N3O3/c1-14-18(15(2)28-24-14)13-25-12-11-22(3,27)20(23-21(26)17-9-10-17)19(25)16-7-5-4-6-8-16/h4-8,17,19-20,27H,9-13H2,1-3H3,(H,23,26)/t19-,20-,22+/m0/s1. The molecule has 1 aromatic carbocycles. The quantitative estimate of drug-likeness (QED) is 0.830. The molecule has 150 valence electrons. The summed E-state index contributed by atoms with van der Waals surface area (Å²) in [7, 11) is 0. The van der Waals surface area contributed by atoms with E-state index in [-0.39, 0.29) is 23.9 Å². The largest absolute Gasteiger partial charge is 0.388 e. The molecule has 2 aromatic rings. The van der Waals surface area contributed by atoms with E-state index in [1.807, 2.05) is 39.0 Å². The molecule has 1 aliphatic heterocycles. The summed E-state index contributed by atoms with van der Waals surface area (Å²) in [6, 6.07) is 9.64. The van der Waals surface area contributed by atoms with Crippen LogP contribution in [0.5, 0.6) is 0 Å². The lowest BCUT2D eigenvalue weighted by Crippen LogP contribution is -2.62. The summed E-state index contributed by atoms with van der Waals surface area (Å²) in [6.45, 7) is 7.13. The number of aromatic nitrogens is 1. The maximum Gasteiger partial charge on any atom is 0.223 e. The maximum absolute atomic E-state index is 12.6. The van der Waals surface area contributed by atoms with E-state index >= 15 is 0 Å². The normalized spacial score (nSPS) is 28.3. The molecule has 1 amide bonds. The van der Waals surface area contributed by atoms with Crippen molar-refractivity contribution in [3.8, 4) is 0 Å². The zero-order valence-corrected chi connectivity index (χ0v) is 16.8. The number of likely N-dealkylation sites (tertiary alicyclic amines) is 1. The van der Waals surface area contributed by atoms with Crippen LogP contribution in [0.2, 0.25) is 0 Å². The molecular formula is C22H29N3O3. The molecule has 3 atom stereocenters. The molecule has 0 spiro atoms. The Bertz CT molecular complexity index is 822. The Morgan fingerprint density at radius 3 is 2.64 bits per heavy atom. The molecule has 2 fully saturated rings. The molecule has 0 radical (unpaired) electrons. The van der Waals surface area contributed by atoms with Crippen molar-refractivity contribution in [2.75, 3.05) is 6.54 Å². The van der Waals surface area contributed by atoms with Crippen LogP contribution in [0.4, 0.5) is 0 Å². The Hall–Kier alpha value is -2.18. The molecule has 1 saturated heterocycles. The number of hydrogen-bond acceptors (Lipinski definition) is 5. The van der Waals surface area contributed by atoms with Gasteiger partial charge in [0.25, 0.3) is 0 Å². The van der Waals surface area contributed by atoms with Crippen LogP contribution in [0.15, 0.2) is 34.9 Å². The number of carbonyl (C=O) groups is 1. The summed E-state index contributed by atoms with van der Waals surface area (Å²) >= 11 is 0. The zero-order chi connectivity index (χ0) is 19.9. The van der Waals surface area contributed by atoms with Crippen LogP contribution in [-0.2, 0) is 11.3 Å². The Morgan fingerprint density at radius 2 is 2.04 bits per heavy atom. The minimum absolute atomic E-state index is 0.0606. The van der Waals surface area contributed by atoms with Gasteiger partial charge in [-0.25, -0.2) is 0 Å². The van der Waals surface area contributed by atoms with E-state index in [0.29, 0.717) is 13.0 Å². The summed E-state index contributed by atoms with van der Waals surface area (Å²) in [5.41, 5.74) is 2.09. The van der Waals surface area contributed by atoms with Gasteiger partial charge in [0.15, 0.2) is 0 Å². The summed E-state index contributed by atoms with van der Waals surface area (Å²) < 4.78 is 5.35. The average Bonchev–Trinajstić information content (AvgIpc) is 3.47. The lowest BCUT2D eigenvalue weighted by atomic mass is 9.79. The third kappa shape index (κ3) is 3.71. The monoisotopic (exact) mass is 383 g/mol. The van der Waals surface area contributed by atoms with Crippen LogP contribution < -0.4 is 5.32 Å². The van der Waals surface area contributed by atoms with Crippen molar-refractivity contribution < 1.29 is 14.4 Å². The highest BCUT2D eigenvalue weighted by atomic mass is 16.5. The zero-order valence-electron chi connectivity index (χ0n) is 16.8. The van der Waals surface area contributed by atoms with Crippen LogP contribution in [0.1, 0.15) is 54.8 Å². The first-order valence-electron chi connectivity index (χ1n) is 10.1. The summed E-state index contributed by atoms with van der Waals surface area (Å²) in [6.07, 6.45) is 2.48. The lowest BCUT2D eigenvalue weighted by molar-refractivity contribution is -0.130. The lowest BCUT2D eigenvalue weighted by Gasteiger charge is -2.49. The number of piperidine rings is 1. The molecule has 4 rings (SSSR count). The second-order valence-electron chi connectivity index (χ2n) is 8.50. The van der Waals surface area contributed by atoms with Crippen LogP contribution in [0, 0.1) is 19.8 Å². The fourth-order valence-corrected chi connectivity index (χ4v) is 4.23. The van der Waals surface area contributed by atoms with E-state index in [9.17, 15) is 9.90 Å². The number of nitrogens with zero attached hydrogens (tertiary/aromatic N) is 2. The smallest absolute Gasteiger partial charge is 0.223 e. The Balaban J connectivity index is 1.69. The van der Waals surface area contributed by atoms with Crippen molar-refractivity contribution >= 4 is 5.91 Å². The van der Waals surface area contributed by atoms with E-state index in [0.717, 1.165) is 42.0 Å². The van der Waals surface area contributed by atoms with Gasteiger partial charge in [0.2, 0.25) is 5.91 Å². The average molecular weight is 383 g/mol. The fraction of sp³-hybridized carbons (Fsp3) is 0.545. The molecule has 1 aliphatic carbocycles. The van der Waals surface area contributed by atoms with E-state index < -0.39 is 5.60 Å². The number of nitrogens with one attached hydrogen (secondary N) is 1. The van der Waals surface area contributed by atoms with Gasteiger partial charge in [0.05, 0.1) is 23.4 Å². The number of carbonyl (C=O) groups excluding carboxylic acids is 1. The highest BCUT2D eigenvalue weighted by molar-refractivity contribution is 5.81. The van der Waals surface area contributed by atoms with Gasteiger partial charge in [-0.15, -0.1) is 0 Å². The van der Waals surface area contributed by atoms with Gasteiger partial charge in [-0.3, -0.25) is 9.69 Å². The van der Waals surface area contributed by atoms with Crippen molar-refractivity contribution in [2.24, 2.45) is 5.92 Å². The van der Waals surface area contributed by atoms with Gasteiger partial charge >= 0.3 is 0 Å². The van der Waals surface area contributed by atoms with Gasteiger partial charge in [-0.1, -0.05) is 35.5 Å². The van der Waals surface area contributed by atoms with Gasteiger partial charge in [0, 0.05) is 24.6 Å². The third-order valence-corrected chi connectivity index (χ3v) is 6.21. The minimum Gasteiger partial charge on any atom is -0.388 e. The second-order valence-corrected chi connectivity index (χ2v) is 8.50. The van der Waals surface area contributed by atoms with E-state index in [2.05, 4.69) is 27.5 Å². The Kier molecular flexibility index (Phi) is 5.02. The minimum atomic E-state index is -0.972. The molecule has 2 heterocycles. The molecule has 6 heteroatoms. The SMILES string of the molecule is Cc1noc(C)c1CN1CC[C@@](C)(O)[C@@H](NC(=O)C2CC2)[C@@H]1c1ccccc1. The van der Waals surface area contributed by atoms with Crippen molar-refractivity contribution in [1.82, 2.24) is 15.4 Å². The van der Waals surface area contributed by atoms with Crippen molar-refractivity contribution in [1.29, 1.82) is 0 Å². The van der Waals surface area contributed by atoms with Crippen molar-refractivity contribution in [3.63, 3.8) is 0 Å². The predicted molar refractivity (Wildman–Crippen MR) is 105 cm³/mol. The summed E-state index contributed by atoms with van der Waals surface area (Å²) in [5.74, 6) is 0.982. The summed E-state index contributed by atoms with van der Waals surface area (Å²) in [5, 5.41) is 18.5. The number of benzene rings is 1. The van der Waals surface area contributed by atoms with E-state index in [4.69, 9.17) is 4.52 Å². The molecule has 1 aromatic heterocycles. The van der Waals surface area contributed by atoms with Crippen LogP contribution >= 0.6 is 0 Å². The number of amides is 1. The van der Waals surface area contributed by atoms with Crippen LogP contribution in [0.25, 0.3) is 0 Å². The predicted octanol–water partition coefficient (Wildman–Crippen LogP) is 2.88. The number of aliphatic hydroxyl groups is 1. The number of hydrogen-bond donors (Lipinski definition) is 2. The molecule has 0 bridgehead atoms. The van der Waals surface area contributed by atoms with Crippen LogP contribution in [-0.4, -0.2) is 39.3 Å². The maximum atomic E-state index is 12.6. The number of aryl methyl sites for hydroxylation is 2. The van der Waals surface area contributed by atoms with Gasteiger partial charge in [0.1, 0.15) is 5.76 Å². The first-order valence-corrected chi connectivity index (χ1v) is 10.1. The van der Waals surface area contributed by atoms with Gasteiger partial charge < -0.3 is 14.9 Å². The molecular weight excluding hydrogens is 354 g/mol. The number of rotatable bonds is 5. The highest BCUT2D eigenvalue weighted by Crippen LogP contribution is 2.39. The molecule has 1 saturated carbocycles. The first kappa shape index (κ1) is 19.2. The van der Waals surface area contributed by atoms with Gasteiger partial charge in [-0.05, 0) is 45.6 Å². The third-order valence-electron chi connectivity index (χ3n) is 6.21. The van der Waals surface area contributed by atoms with Crippen molar-refractivity contribution in [3.05, 3.63) is 52.9 Å². The molecule has 6 nitrogen and oxygen atoms in total. The highest BCUT2D eigenvalue weighted by Gasteiger charge is 2.47. The van der Waals surface area contributed by atoms with Crippen molar-refractivity contribution in [2.45, 2.75) is 64.3 Å². The molecule has 0 unspecified atom stereocenters. The summed E-state index contributed by atoms with van der Waals surface area (Å²) in [4.78, 5) is 14.9.